The van der Waals surface area contributed by atoms with E-state index in [0.29, 0.717) is 0 Å². The van der Waals surface area contributed by atoms with E-state index in [1.54, 1.807) is 0 Å². The molecule has 47 valence electrons. The minimum Gasteiger partial charge on any atom is -0.616 e. The summed E-state index contributed by atoms with van der Waals surface area (Å²) in [5.74, 6) is 1.62. The van der Waals surface area contributed by atoms with Gasteiger partial charge in [0, 0.05) is 20.1 Å². The van der Waals surface area contributed by atoms with Crippen molar-refractivity contribution in [1.29, 1.82) is 0 Å². The summed E-state index contributed by atoms with van der Waals surface area (Å²) in [4.78, 5) is 1.96. The van der Waals surface area contributed by atoms with E-state index in [-0.39, 0.29) is 0 Å². The largest absolute Gasteiger partial charge is 0.616 e. The Morgan fingerprint density at radius 2 is 1.88 bits per heavy atom. The maximum absolute atomic E-state index is 10.7. The molecule has 0 aliphatic carbocycles. The van der Waals surface area contributed by atoms with Crippen molar-refractivity contribution in [3.05, 3.63) is 7.05 Å². The molecule has 0 bridgehead atoms. The Kier molecular flexibility index (Phi) is 2.16. The second kappa shape index (κ2) is 2.71. The van der Waals surface area contributed by atoms with E-state index < -0.39 is 11.2 Å². The summed E-state index contributed by atoms with van der Waals surface area (Å²) in [5.41, 5.74) is 0. The monoisotopic (exact) mass is 132 g/mol. The van der Waals surface area contributed by atoms with Crippen LogP contribution in [0.4, 0.5) is 0 Å². The third-order valence-corrected chi connectivity index (χ3v) is 2.55. The van der Waals surface area contributed by atoms with E-state index in [1.165, 1.54) is 0 Å². The fraction of sp³-hybridized carbons (Fsp3) is 0.800. The first-order valence-electron chi connectivity index (χ1n) is 2.69. The highest BCUT2D eigenvalue weighted by atomic mass is 32.2. The lowest BCUT2D eigenvalue weighted by atomic mass is 10.6. The molecule has 0 aromatic carbocycles. The average molecular weight is 132 g/mol. The molecule has 1 aliphatic heterocycles. The lowest BCUT2D eigenvalue weighted by molar-refractivity contribution is 0.396. The van der Waals surface area contributed by atoms with Crippen molar-refractivity contribution < 1.29 is 4.55 Å². The highest BCUT2D eigenvalue weighted by Gasteiger charge is 2.14. The van der Waals surface area contributed by atoms with E-state index >= 15 is 0 Å². The lowest BCUT2D eigenvalue weighted by Gasteiger charge is -2.23. The topological polar surface area (TPSA) is 26.3 Å². The molecule has 0 amide bonds. The van der Waals surface area contributed by atoms with Crippen LogP contribution in [0.2, 0.25) is 0 Å². The van der Waals surface area contributed by atoms with Crippen LogP contribution in [0, 0.1) is 7.05 Å². The van der Waals surface area contributed by atoms with Gasteiger partial charge in [-0.2, -0.15) is 0 Å². The Balaban J connectivity index is 2.19. The molecule has 0 atom stereocenters. The Labute approximate surface area is 53.0 Å². The van der Waals surface area contributed by atoms with Crippen molar-refractivity contribution >= 4 is 11.2 Å². The summed E-state index contributed by atoms with van der Waals surface area (Å²) in [6.45, 7) is 1.79. The van der Waals surface area contributed by atoms with E-state index in [1.807, 2.05) is 4.90 Å². The Morgan fingerprint density at radius 1 is 1.38 bits per heavy atom. The Hall–Kier alpha value is 0.270. The van der Waals surface area contributed by atoms with Crippen LogP contribution in [-0.2, 0) is 11.2 Å². The first-order valence-corrected chi connectivity index (χ1v) is 4.18. The molecule has 0 aromatic heterocycles. The molecule has 0 unspecified atom stereocenters. The van der Waals surface area contributed by atoms with E-state index in [2.05, 4.69) is 7.05 Å². The molecule has 1 heterocycles. The predicted octanol–water partition coefficient (Wildman–Crippen LogP) is -0.158. The van der Waals surface area contributed by atoms with Crippen LogP contribution in [0.25, 0.3) is 0 Å². The van der Waals surface area contributed by atoms with Crippen LogP contribution in [-0.4, -0.2) is 34.0 Å². The number of nitrogens with zero attached hydrogens (tertiary/aromatic N) is 1. The molecule has 1 fully saturated rings. The lowest BCUT2D eigenvalue weighted by Crippen LogP contribution is -2.36. The van der Waals surface area contributed by atoms with Gasteiger partial charge in [-0.05, 0) is 0 Å². The summed E-state index contributed by atoms with van der Waals surface area (Å²) in [6, 6.07) is 0. The zero-order valence-electron chi connectivity index (χ0n) is 4.80. The molecule has 8 heavy (non-hydrogen) atoms. The fourth-order valence-electron chi connectivity index (χ4n) is 0.676. The molecular formula is C5H10NOS. The van der Waals surface area contributed by atoms with Crippen LogP contribution < -0.4 is 0 Å². The minimum absolute atomic E-state index is 0.543. The standard InChI is InChI=1S/C5H10NOS/c1-6-2-4-8(7)5-3-6/h1-5H2. The smallest absolute Gasteiger partial charge is 0.118 e. The molecule has 1 saturated heterocycles. The second-order valence-electron chi connectivity index (χ2n) is 1.97. The number of hydrogen-bond acceptors (Lipinski definition) is 2. The van der Waals surface area contributed by atoms with E-state index in [0.717, 1.165) is 24.6 Å². The molecular weight excluding hydrogens is 122 g/mol. The van der Waals surface area contributed by atoms with Crippen LogP contribution in [0.15, 0.2) is 0 Å². The normalized spacial score (nSPS) is 26.2. The summed E-state index contributed by atoms with van der Waals surface area (Å²) in [5, 5.41) is 0. The highest BCUT2D eigenvalue weighted by Crippen LogP contribution is 2.00. The van der Waals surface area contributed by atoms with E-state index in [4.69, 9.17) is 0 Å². The van der Waals surface area contributed by atoms with Crippen molar-refractivity contribution in [3.63, 3.8) is 0 Å². The zero-order chi connectivity index (χ0) is 5.98. The van der Waals surface area contributed by atoms with Crippen LogP contribution in [0.3, 0.4) is 0 Å². The SMILES string of the molecule is [CH2]N1CC[S+]([O-])CC1. The average Bonchev–Trinajstić information content (AvgIpc) is 1.77. The highest BCUT2D eigenvalue weighted by molar-refractivity contribution is 7.91. The number of rotatable bonds is 0. The molecule has 0 spiro atoms. The molecule has 0 N–H and O–H groups in total. The predicted molar refractivity (Wildman–Crippen MR) is 34.8 cm³/mol. The molecule has 1 aliphatic rings. The molecule has 1 rings (SSSR count). The van der Waals surface area contributed by atoms with Gasteiger partial charge in [-0.3, -0.25) is 4.90 Å². The molecule has 0 aromatic rings. The summed E-state index contributed by atoms with van der Waals surface area (Å²) >= 11 is -0.543. The van der Waals surface area contributed by atoms with Crippen LogP contribution >= 0.6 is 0 Å². The minimum atomic E-state index is -0.543. The summed E-state index contributed by atoms with van der Waals surface area (Å²) < 4.78 is 10.7. The van der Waals surface area contributed by atoms with Gasteiger partial charge in [-0.15, -0.1) is 0 Å². The third kappa shape index (κ3) is 1.65. The Morgan fingerprint density at radius 3 is 2.25 bits per heavy atom. The second-order valence-corrected chi connectivity index (χ2v) is 3.66. The number of hydrogen-bond donors (Lipinski definition) is 0. The summed E-state index contributed by atoms with van der Waals surface area (Å²) in [7, 11) is 3.73. The van der Waals surface area contributed by atoms with Crippen molar-refractivity contribution in [2.45, 2.75) is 0 Å². The van der Waals surface area contributed by atoms with Gasteiger partial charge >= 0.3 is 0 Å². The molecule has 2 nitrogen and oxygen atoms in total. The maximum atomic E-state index is 10.7. The Bertz CT molecular complexity index is 60.8. The van der Waals surface area contributed by atoms with Gasteiger partial charge in [-0.25, -0.2) is 0 Å². The van der Waals surface area contributed by atoms with Gasteiger partial charge in [0.25, 0.3) is 0 Å². The molecule has 1 radical (unpaired) electrons. The van der Waals surface area contributed by atoms with Gasteiger partial charge in [0.1, 0.15) is 11.5 Å². The van der Waals surface area contributed by atoms with Gasteiger partial charge in [0.15, 0.2) is 0 Å². The van der Waals surface area contributed by atoms with Crippen LogP contribution in [0.5, 0.6) is 0 Å². The van der Waals surface area contributed by atoms with Gasteiger partial charge < -0.3 is 4.55 Å². The van der Waals surface area contributed by atoms with Crippen molar-refractivity contribution in [2.24, 2.45) is 0 Å². The quantitative estimate of drug-likeness (QED) is 0.428. The first kappa shape index (κ1) is 6.39. The van der Waals surface area contributed by atoms with Gasteiger partial charge in [0.05, 0.1) is 0 Å². The van der Waals surface area contributed by atoms with Crippen molar-refractivity contribution in [3.8, 4) is 0 Å². The van der Waals surface area contributed by atoms with Crippen molar-refractivity contribution in [1.82, 2.24) is 4.90 Å². The maximum Gasteiger partial charge on any atom is 0.118 e. The molecule has 3 heteroatoms. The van der Waals surface area contributed by atoms with Gasteiger partial charge in [-0.1, -0.05) is 11.2 Å². The zero-order valence-corrected chi connectivity index (χ0v) is 5.62. The molecule has 0 saturated carbocycles. The third-order valence-electron chi connectivity index (χ3n) is 1.27. The van der Waals surface area contributed by atoms with Gasteiger partial charge in [0.2, 0.25) is 0 Å². The fourth-order valence-corrected chi connectivity index (χ4v) is 1.80. The first-order chi connectivity index (χ1) is 3.79. The van der Waals surface area contributed by atoms with E-state index in [9.17, 15) is 4.55 Å². The van der Waals surface area contributed by atoms with Crippen LogP contribution in [0.1, 0.15) is 0 Å². The van der Waals surface area contributed by atoms with Crippen molar-refractivity contribution in [2.75, 3.05) is 24.6 Å². The summed E-state index contributed by atoms with van der Waals surface area (Å²) in [6.07, 6.45) is 0.